The molecule has 0 saturated carbocycles. The van der Waals surface area contributed by atoms with Gasteiger partial charge in [0.15, 0.2) is 11.6 Å². The Morgan fingerprint density at radius 2 is 1.75 bits per heavy atom. The van der Waals surface area contributed by atoms with Gasteiger partial charge in [0.05, 0.1) is 5.69 Å². The highest BCUT2D eigenvalue weighted by Gasteiger charge is 2.41. The van der Waals surface area contributed by atoms with Crippen LogP contribution in [0.3, 0.4) is 0 Å². The summed E-state index contributed by atoms with van der Waals surface area (Å²) in [5.74, 6) is -2.57. The van der Waals surface area contributed by atoms with E-state index in [9.17, 15) is 9.59 Å². The van der Waals surface area contributed by atoms with Crippen LogP contribution in [0.4, 0.5) is 19.3 Å². The third-order valence-electron chi connectivity index (χ3n) is 5.24. The van der Waals surface area contributed by atoms with E-state index in [1.165, 1.54) is 17.0 Å². The van der Waals surface area contributed by atoms with E-state index < -0.39 is 49.2 Å². The molecular weight excluding hydrogens is 433 g/mol. The second kappa shape index (κ2) is 9.14. The van der Waals surface area contributed by atoms with Gasteiger partial charge in [0.1, 0.15) is 11.6 Å². The maximum atomic E-state index is 15.2. The maximum absolute atomic E-state index is 15.2. The average molecular weight is 462 g/mol. The smallest absolute Gasteiger partial charge is 0.408 e. The van der Waals surface area contributed by atoms with Crippen LogP contribution in [0.2, 0.25) is 0 Å². The van der Waals surface area contributed by atoms with Gasteiger partial charge in [-0.15, -0.1) is 0 Å². The molecule has 172 valence electrons. The molecule has 1 heterocycles. The number of carbonyl (C=O) groups excluding carboxylic acids is 2. The second-order valence-corrected chi connectivity index (χ2v) is 11.4. The van der Waals surface area contributed by atoms with Crippen LogP contribution < -0.4 is 15.5 Å². The number of hydrogen-bond donors (Lipinski definition) is 1. The summed E-state index contributed by atoms with van der Waals surface area (Å²) in [6.45, 7) is 11.0. The third-order valence-corrected chi connectivity index (χ3v) is 6.60. The zero-order chi connectivity index (χ0) is 23.8. The van der Waals surface area contributed by atoms with Crippen molar-refractivity contribution >= 4 is 30.9 Å². The lowest BCUT2D eigenvalue weighted by Crippen LogP contribution is -2.44. The molecule has 0 aliphatic carbocycles. The van der Waals surface area contributed by atoms with Crippen molar-refractivity contribution in [3.05, 3.63) is 48.0 Å². The van der Waals surface area contributed by atoms with Gasteiger partial charge >= 0.3 is 6.09 Å². The fourth-order valence-corrected chi connectivity index (χ4v) is 4.94. The Morgan fingerprint density at radius 1 is 1.09 bits per heavy atom. The molecule has 32 heavy (non-hydrogen) atoms. The lowest BCUT2D eigenvalue weighted by Gasteiger charge is -2.24. The van der Waals surface area contributed by atoms with Crippen LogP contribution in [0.5, 0.6) is 0 Å². The number of benzene rings is 2. The molecule has 2 aromatic rings. The van der Waals surface area contributed by atoms with Crippen molar-refractivity contribution in [3.63, 3.8) is 0 Å². The largest absolute Gasteiger partial charge is 0.444 e. The molecule has 8 heteroatoms. The molecule has 1 N–H and O–H groups in total. The van der Waals surface area contributed by atoms with Crippen LogP contribution in [0.1, 0.15) is 34.1 Å². The minimum Gasteiger partial charge on any atom is -0.444 e. The number of nitrogens with one attached hydrogen (secondary N) is 1. The van der Waals surface area contributed by atoms with E-state index in [2.05, 4.69) is 18.6 Å². The van der Waals surface area contributed by atoms with E-state index in [1.54, 1.807) is 39.8 Å². The molecule has 0 bridgehead atoms. The highest BCUT2D eigenvalue weighted by Crippen LogP contribution is 2.37. The Kier molecular flexibility index (Phi) is 6.89. The molecule has 0 spiro atoms. The molecule has 3 rings (SSSR count). The lowest BCUT2D eigenvalue weighted by atomic mass is 10.0. The van der Waals surface area contributed by atoms with Crippen molar-refractivity contribution in [3.8, 4) is 11.1 Å². The van der Waals surface area contributed by atoms with Gasteiger partial charge in [-0.25, -0.2) is 13.6 Å². The van der Waals surface area contributed by atoms with Gasteiger partial charge in [-0.3, -0.25) is 4.79 Å². The second-order valence-electron chi connectivity index (χ2n) is 9.16. The summed E-state index contributed by atoms with van der Waals surface area (Å²) in [5.41, 5.74) is -0.0296. The average Bonchev–Trinajstić information content (AvgIpc) is 2.95. The summed E-state index contributed by atoms with van der Waals surface area (Å²) in [6.07, 6.45) is -0.459. The van der Waals surface area contributed by atoms with Gasteiger partial charge in [0.25, 0.3) is 0 Å². The van der Waals surface area contributed by atoms with E-state index in [0.717, 1.165) is 5.30 Å². The highest BCUT2D eigenvalue weighted by atomic mass is 31.1. The van der Waals surface area contributed by atoms with Crippen molar-refractivity contribution in [2.45, 2.75) is 51.8 Å². The number of halogens is 2. The molecule has 2 atom stereocenters. The fourth-order valence-electron chi connectivity index (χ4n) is 3.88. The summed E-state index contributed by atoms with van der Waals surface area (Å²) in [5, 5.41) is 3.51. The van der Waals surface area contributed by atoms with E-state index in [4.69, 9.17) is 4.74 Å². The van der Waals surface area contributed by atoms with Gasteiger partial charge < -0.3 is 15.0 Å². The first-order valence-corrected chi connectivity index (χ1v) is 12.7. The number of nitrogens with zero attached hydrogens (tertiary/aromatic N) is 1. The first-order chi connectivity index (χ1) is 14.9. The predicted octanol–water partition coefficient (Wildman–Crippen LogP) is 5.02. The highest BCUT2D eigenvalue weighted by molar-refractivity contribution is 7.64. The Labute approximate surface area is 188 Å². The zero-order valence-corrected chi connectivity index (χ0v) is 20.1. The first kappa shape index (κ1) is 24.1. The van der Waals surface area contributed by atoms with Crippen LogP contribution >= 0.6 is 7.92 Å². The van der Waals surface area contributed by atoms with Gasteiger partial charge in [0.2, 0.25) is 5.91 Å². The van der Waals surface area contributed by atoms with Crippen LogP contribution in [-0.4, -0.2) is 43.0 Å². The van der Waals surface area contributed by atoms with Crippen molar-refractivity contribution in [1.29, 1.82) is 0 Å². The summed E-state index contributed by atoms with van der Waals surface area (Å²) < 4.78 is 35.6. The number of alkyl carbamates (subject to hydrolysis) is 1. The number of anilines is 1. The first-order valence-electron chi connectivity index (χ1n) is 10.5. The van der Waals surface area contributed by atoms with Crippen molar-refractivity contribution in [1.82, 2.24) is 5.32 Å². The molecule has 1 aliphatic rings. The van der Waals surface area contributed by atoms with Crippen LogP contribution in [0, 0.1) is 11.6 Å². The number of amides is 2. The minimum atomic E-state index is -1.08. The predicted molar refractivity (Wildman–Crippen MR) is 125 cm³/mol. The SMILES string of the molecule is CC1CC(NC(=O)OC(C)(C)C)C(=O)N1c1ccc(-c2ccccc2P(C)C)c(F)c1F. The molecule has 2 amide bonds. The quantitative estimate of drug-likeness (QED) is 0.650. The van der Waals surface area contributed by atoms with Crippen molar-refractivity contribution < 1.29 is 23.1 Å². The van der Waals surface area contributed by atoms with Gasteiger partial charge in [-0.05, 0) is 70.4 Å². The van der Waals surface area contributed by atoms with Gasteiger partial charge in [-0.2, -0.15) is 0 Å². The summed E-state index contributed by atoms with van der Waals surface area (Å²) in [4.78, 5) is 26.2. The topological polar surface area (TPSA) is 58.6 Å². The van der Waals surface area contributed by atoms with Crippen LogP contribution in [0.25, 0.3) is 11.1 Å². The van der Waals surface area contributed by atoms with Crippen molar-refractivity contribution in [2.75, 3.05) is 18.2 Å². The molecular formula is C24H29F2N2O3P. The monoisotopic (exact) mass is 462 g/mol. The number of rotatable bonds is 4. The summed E-state index contributed by atoms with van der Waals surface area (Å²) >= 11 is 0. The number of hydrogen-bond acceptors (Lipinski definition) is 3. The van der Waals surface area contributed by atoms with Gasteiger partial charge in [0, 0.05) is 11.6 Å². The van der Waals surface area contributed by atoms with E-state index in [1.807, 2.05) is 12.1 Å². The standard InChI is InChI=1S/C24H29F2N2O3P/c1-14-13-17(27-23(30)31-24(2,3)4)22(29)28(14)18-12-11-16(20(25)21(18)26)15-9-7-8-10-19(15)32(5)6/h7-12,14,17H,13H2,1-6H3,(H,27,30). The molecule has 2 unspecified atom stereocenters. The van der Waals surface area contributed by atoms with Crippen molar-refractivity contribution in [2.24, 2.45) is 0 Å². The molecule has 0 radical (unpaired) electrons. The Bertz CT molecular complexity index is 1040. The molecule has 0 aromatic heterocycles. The Balaban J connectivity index is 1.90. The Morgan fingerprint density at radius 3 is 2.38 bits per heavy atom. The summed E-state index contributed by atoms with van der Waals surface area (Å²) in [6, 6.07) is 9.03. The third kappa shape index (κ3) is 4.93. The summed E-state index contributed by atoms with van der Waals surface area (Å²) in [7, 11) is -0.523. The molecule has 1 saturated heterocycles. The normalized spacial score (nSPS) is 18.9. The molecule has 1 aliphatic heterocycles. The maximum Gasteiger partial charge on any atom is 0.408 e. The van der Waals surface area contributed by atoms with Crippen LogP contribution in [0.15, 0.2) is 36.4 Å². The molecule has 5 nitrogen and oxygen atoms in total. The van der Waals surface area contributed by atoms with E-state index >= 15 is 8.78 Å². The van der Waals surface area contributed by atoms with E-state index in [0.29, 0.717) is 5.56 Å². The molecule has 2 aromatic carbocycles. The lowest BCUT2D eigenvalue weighted by molar-refractivity contribution is -0.119. The number of carbonyl (C=O) groups is 2. The van der Waals surface area contributed by atoms with Gasteiger partial charge in [-0.1, -0.05) is 32.2 Å². The minimum absolute atomic E-state index is 0.134. The fraction of sp³-hybridized carbons (Fsp3) is 0.417. The van der Waals surface area contributed by atoms with E-state index in [-0.39, 0.29) is 17.7 Å². The number of ether oxygens (including phenoxy) is 1. The molecule has 1 fully saturated rings. The van der Waals surface area contributed by atoms with Crippen LogP contribution in [-0.2, 0) is 9.53 Å². The zero-order valence-electron chi connectivity index (χ0n) is 19.2. The Hall–Kier alpha value is -2.53.